The van der Waals surface area contributed by atoms with Gasteiger partial charge >= 0.3 is 6.36 Å². The van der Waals surface area contributed by atoms with Gasteiger partial charge in [-0.25, -0.2) is 4.98 Å². The first-order valence-corrected chi connectivity index (χ1v) is 6.16. The second kappa shape index (κ2) is 5.64. The van der Waals surface area contributed by atoms with Crippen LogP contribution >= 0.6 is 22.6 Å². The van der Waals surface area contributed by atoms with Crippen molar-refractivity contribution >= 4 is 22.6 Å². The summed E-state index contributed by atoms with van der Waals surface area (Å²) in [6.07, 6.45) is -3.77. The summed E-state index contributed by atoms with van der Waals surface area (Å²) in [6.45, 7) is 0. The third kappa shape index (κ3) is 4.27. The molecule has 7 heteroatoms. The number of alkyl halides is 3. The second-order valence-corrected chi connectivity index (χ2v) is 4.57. The van der Waals surface area contributed by atoms with Crippen LogP contribution < -0.4 is 9.47 Å². The van der Waals surface area contributed by atoms with Crippen molar-refractivity contribution in [2.24, 2.45) is 0 Å². The Hall–Kier alpha value is -1.51. The maximum atomic E-state index is 12.0. The second-order valence-electron chi connectivity index (χ2n) is 3.41. The van der Waals surface area contributed by atoms with Crippen LogP contribution in [0.3, 0.4) is 0 Å². The van der Waals surface area contributed by atoms with E-state index >= 15 is 0 Å². The molecule has 0 N–H and O–H groups in total. The van der Waals surface area contributed by atoms with E-state index in [0.29, 0.717) is 5.75 Å². The van der Waals surface area contributed by atoms with Gasteiger partial charge in [-0.3, -0.25) is 0 Å². The number of benzene rings is 1. The molecule has 1 aromatic heterocycles. The van der Waals surface area contributed by atoms with Crippen molar-refractivity contribution in [3.63, 3.8) is 0 Å². The lowest BCUT2D eigenvalue weighted by Gasteiger charge is -2.09. The summed E-state index contributed by atoms with van der Waals surface area (Å²) in [5.74, 6) is 0.390. The van der Waals surface area contributed by atoms with Gasteiger partial charge in [-0.15, -0.1) is 13.2 Å². The predicted octanol–water partition coefficient (Wildman–Crippen LogP) is 4.38. The minimum Gasteiger partial charge on any atom is -0.438 e. The number of rotatable bonds is 3. The molecule has 0 unspecified atom stereocenters. The van der Waals surface area contributed by atoms with Crippen LogP contribution in [0.1, 0.15) is 0 Å². The van der Waals surface area contributed by atoms with Crippen molar-refractivity contribution < 1.29 is 22.6 Å². The number of aromatic nitrogens is 1. The van der Waals surface area contributed by atoms with Crippen LogP contribution in [0.25, 0.3) is 0 Å². The summed E-state index contributed by atoms with van der Waals surface area (Å²) in [4.78, 5) is 3.75. The van der Waals surface area contributed by atoms with Gasteiger partial charge in [-0.2, -0.15) is 0 Å². The van der Waals surface area contributed by atoms with Gasteiger partial charge in [0.1, 0.15) is 11.5 Å². The molecule has 0 saturated heterocycles. The number of halogens is 4. The van der Waals surface area contributed by atoms with Crippen molar-refractivity contribution in [3.8, 4) is 17.4 Å². The number of pyridine rings is 1. The molecule has 0 aliphatic carbocycles. The van der Waals surface area contributed by atoms with E-state index in [-0.39, 0.29) is 11.6 Å². The highest BCUT2D eigenvalue weighted by atomic mass is 127. The molecule has 2 aromatic rings. The van der Waals surface area contributed by atoms with Gasteiger partial charge < -0.3 is 9.47 Å². The lowest BCUT2D eigenvalue weighted by atomic mass is 10.3. The first-order chi connectivity index (χ1) is 8.94. The molecule has 0 aliphatic rings. The zero-order chi connectivity index (χ0) is 13.9. The van der Waals surface area contributed by atoms with E-state index < -0.39 is 6.36 Å². The average molecular weight is 381 g/mol. The minimum atomic E-state index is -4.72. The van der Waals surface area contributed by atoms with E-state index in [1.54, 1.807) is 12.1 Å². The molecule has 3 nitrogen and oxygen atoms in total. The van der Waals surface area contributed by atoms with E-state index in [1.165, 1.54) is 6.07 Å². The summed E-state index contributed by atoms with van der Waals surface area (Å²) >= 11 is 2.09. The Morgan fingerprint density at radius 3 is 2.37 bits per heavy atom. The lowest BCUT2D eigenvalue weighted by Crippen LogP contribution is -2.17. The molecule has 100 valence electrons. The van der Waals surface area contributed by atoms with Gasteiger partial charge in [0.25, 0.3) is 0 Å². The third-order valence-electron chi connectivity index (χ3n) is 1.99. The maximum absolute atomic E-state index is 12.0. The summed E-state index contributed by atoms with van der Waals surface area (Å²) in [7, 11) is 0. The van der Waals surface area contributed by atoms with Crippen molar-refractivity contribution in [3.05, 3.63) is 46.2 Å². The summed E-state index contributed by atoms with van der Waals surface area (Å²) in [6, 6.07) is 9.68. The molecular formula is C12H7F3INO2. The Balaban J connectivity index is 2.09. The number of hydrogen-bond acceptors (Lipinski definition) is 3. The van der Waals surface area contributed by atoms with Crippen LogP contribution in [0, 0.1) is 3.57 Å². The predicted molar refractivity (Wildman–Crippen MR) is 70.2 cm³/mol. The molecule has 2 rings (SSSR count). The Morgan fingerprint density at radius 2 is 1.79 bits per heavy atom. The molecular weight excluding hydrogens is 374 g/mol. The highest BCUT2D eigenvalue weighted by molar-refractivity contribution is 14.1. The summed E-state index contributed by atoms with van der Waals surface area (Å²) in [5, 5.41) is 0. The average Bonchev–Trinajstić information content (AvgIpc) is 2.33. The molecule has 1 heterocycles. The molecule has 0 radical (unpaired) electrons. The van der Waals surface area contributed by atoms with E-state index in [2.05, 4.69) is 32.3 Å². The topological polar surface area (TPSA) is 31.4 Å². The van der Waals surface area contributed by atoms with E-state index in [1.807, 2.05) is 12.1 Å². The molecule has 0 fully saturated rings. The van der Waals surface area contributed by atoms with Gasteiger partial charge in [0.15, 0.2) is 0 Å². The molecule has 0 saturated carbocycles. The Labute approximate surface area is 120 Å². The maximum Gasteiger partial charge on any atom is 0.573 e. The largest absolute Gasteiger partial charge is 0.573 e. The monoisotopic (exact) mass is 381 g/mol. The van der Waals surface area contributed by atoms with Crippen LogP contribution in [0.4, 0.5) is 13.2 Å². The van der Waals surface area contributed by atoms with Crippen LogP contribution in [-0.4, -0.2) is 11.3 Å². The first-order valence-electron chi connectivity index (χ1n) is 5.08. The smallest absolute Gasteiger partial charge is 0.438 e. The molecule has 0 bridgehead atoms. The van der Waals surface area contributed by atoms with Crippen LogP contribution in [0.5, 0.6) is 17.4 Å². The van der Waals surface area contributed by atoms with Gasteiger partial charge in [-0.05, 0) is 40.8 Å². The van der Waals surface area contributed by atoms with Crippen LogP contribution in [-0.2, 0) is 0 Å². The summed E-state index contributed by atoms with van der Waals surface area (Å²) < 4.78 is 45.9. The zero-order valence-electron chi connectivity index (χ0n) is 9.32. The molecule has 19 heavy (non-hydrogen) atoms. The van der Waals surface area contributed by atoms with Gasteiger partial charge in [-0.1, -0.05) is 12.1 Å². The molecule has 0 spiro atoms. The van der Waals surface area contributed by atoms with Crippen molar-refractivity contribution in [2.75, 3.05) is 0 Å². The van der Waals surface area contributed by atoms with Crippen molar-refractivity contribution in [2.45, 2.75) is 6.36 Å². The van der Waals surface area contributed by atoms with E-state index in [4.69, 9.17) is 4.74 Å². The number of hydrogen-bond donors (Lipinski definition) is 0. The first kappa shape index (κ1) is 13.9. The quantitative estimate of drug-likeness (QED) is 0.740. The Kier molecular flexibility index (Phi) is 4.13. The minimum absolute atomic E-state index is 0.193. The van der Waals surface area contributed by atoms with Gasteiger partial charge in [0, 0.05) is 6.07 Å². The third-order valence-corrected chi connectivity index (χ3v) is 2.89. The molecule has 1 aromatic carbocycles. The van der Waals surface area contributed by atoms with Crippen LogP contribution in [0.2, 0.25) is 0 Å². The standard InChI is InChI=1S/C12H7F3INO2/c13-12(14,15)19-8-5-6-11(17-7-8)18-10-4-2-1-3-9(10)16/h1-7H. The zero-order valence-corrected chi connectivity index (χ0v) is 11.5. The van der Waals surface area contributed by atoms with Crippen molar-refractivity contribution in [1.82, 2.24) is 4.98 Å². The fraction of sp³-hybridized carbons (Fsp3) is 0.0833. The Bertz CT molecular complexity index is 558. The van der Waals surface area contributed by atoms with Gasteiger partial charge in [0.05, 0.1) is 9.77 Å². The molecule has 0 aliphatic heterocycles. The SMILES string of the molecule is FC(F)(F)Oc1ccc(Oc2ccccc2I)nc1. The summed E-state index contributed by atoms with van der Waals surface area (Å²) in [5.41, 5.74) is 0. The number of nitrogens with zero attached hydrogens (tertiary/aromatic N) is 1. The normalized spacial score (nSPS) is 11.2. The fourth-order valence-electron chi connectivity index (χ4n) is 1.26. The van der Waals surface area contributed by atoms with Gasteiger partial charge in [0.2, 0.25) is 5.88 Å². The van der Waals surface area contributed by atoms with Crippen molar-refractivity contribution in [1.29, 1.82) is 0 Å². The Morgan fingerprint density at radius 1 is 1.05 bits per heavy atom. The number of para-hydroxylation sites is 1. The highest BCUT2D eigenvalue weighted by Crippen LogP contribution is 2.27. The van der Waals surface area contributed by atoms with Crippen LogP contribution in [0.15, 0.2) is 42.6 Å². The fourth-order valence-corrected chi connectivity index (χ4v) is 1.76. The lowest BCUT2D eigenvalue weighted by molar-refractivity contribution is -0.274. The molecule has 0 amide bonds. The van der Waals surface area contributed by atoms with E-state index in [9.17, 15) is 13.2 Å². The van der Waals surface area contributed by atoms with E-state index in [0.717, 1.165) is 15.8 Å². The highest BCUT2D eigenvalue weighted by Gasteiger charge is 2.31. The molecule has 0 atom stereocenters. The number of ether oxygens (including phenoxy) is 2.